The standard InChI is InChI=1S/C20H30O5/c1-11(21)13-5-6-14-15(18(13)19(23)24-4)9-10-20(3)16(14)7-8-17(20)25-12(2)22/h13-18H,5-10H2,1-4H3/t13-,14+,15-,16-,17-,18-,20-/m0/s1. The lowest BCUT2D eigenvalue weighted by Gasteiger charge is -2.53. The van der Waals surface area contributed by atoms with Gasteiger partial charge in [-0.2, -0.15) is 0 Å². The summed E-state index contributed by atoms with van der Waals surface area (Å²) in [5.74, 6) is 0.238. The van der Waals surface area contributed by atoms with Crippen LogP contribution in [-0.4, -0.2) is 30.9 Å². The number of carbonyl (C=O) groups is 3. The van der Waals surface area contributed by atoms with E-state index in [2.05, 4.69) is 6.92 Å². The fraction of sp³-hybridized carbons (Fsp3) is 0.850. The Hall–Kier alpha value is -1.39. The first-order valence-electron chi connectivity index (χ1n) is 9.55. The number of ether oxygens (including phenoxy) is 2. The zero-order valence-electron chi connectivity index (χ0n) is 15.7. The van der Waals surface area contributed by atoms with E-state index in [0.717, 1.165) is 38.5 Å². The zero-order valence-corrected chi connectivity index (χ0v) is 15.7. The third-order valence-electron chi connectivity index (χ3n) is 7.42. The number of hydrogen-bond acceptors (Lipinski definition) is 5. The summed E-state index contributed by atoms with van der Waals surface area (Å²) in [5.41, 5.74) is -0.00341. The van der Waals surface area contributed by atoms with Crippen LogP contribution < -0.4 is 0 Å². The number of fused-ring (bicyclic) bond motifs is 3. The molecule has 0 N–H and O–H groups in total. The third-order valence-corrected chi connectivity index (χ3v) is 7.42. The van der Waals surface area contributed by atoms with Gasteiger partial charge >= 0.3 is 11.9 Å². The van der Waals surface area contributed by atoms with Crippen molar-refractivity contribution in [2.45, 2.75) is 65.4 Å². The van der Waals surface area contributed by atoms with Crippen molar-refractivity contribution in [2.75, 3.05) is 7.11 Å². The molecule has 3 fully saturated rings. The largest absolute Gasteiger partial charge is 0.469 e. The minimum Gasteiger partial charge on any atom is -0.469 e. The van der Waals surface area contributed by atoms with Crippen LogP contribution in [0.1, 0.15) is 59.3 Å². The summed E-state index contributed by atoms with van der Waals surface area (Å²) >= 11 is 0. The minimum absolute atomic E-state index is 0.00341. The second kappa shape index (κ2) is 6.73. The van der Waals surface area contributed by atoms with E-state index in [9.17, 15) is 14.4 Å². The predicted molar refractivity (Wildman–Crippen MR) is 91.5 cm³/mol. The molecular weight excluding hydrogens is 320 g/mol. The summed E-state index contributed by atoms with van der Waals surface area (Å²) in [6.07, 6.45) is 5.51. The Morgan fingerprint density at radius 2 is 1.68 bits per heavy atom. The summed E-state index contributed by atoms with van der Waals surface area (Å²) in [7, 11) is 1.42. The van der Waals surface area contributed by atoms with Crippen molar-refractivity contribution in [3.63, 3.8) is 0 Å². The molecule has 5 nitrogen and oxygen atoms in total. The van der Waals surface area contributed by atoms with Gasteiger partial charge in [-0.1, -0.05) is 6.92 Å². The topological polar surface area (TPSA) is 69.7 Å². The molecule has 3 saturated carbocycles. The maximum absolute atomic E-state index is 12.5. The lowest BCUT2D eigenvalue weighted by atomic mass is 9.52. The summed E-state index contributed by atoms with van der Waals surface area (Å²) < 4.78 is 10.7. The Morgan fingerprint density at radius 1 is 0.960 bits per heavy atom. The first kappa shape index (κ1) is 18.4. The Bertz CT molecular complexity index is 570. The molecule has 0 aromatic rings. The lowest BCUT2D eigenvalue weighted by Crippen LogP contribution is -2.51. The van der Waals surface area contributed by atoms with Gasteiger partial charge in [-0.3, -0.25) is 14.4 Å². The van der Waals surface area contributed by atoms with Crippen LogP contribution in [0.25, 0.3) is 0 Å². The van der Waals surface area contributed by atoms with Gasteiger partial charge in [0.25, 0.3) is 0 Å². The van der Waals surface area contributed by atoms with Crippen LogP contribution in [0.5, 0.6) is 0 Å². The molecule has 0 aliphatic heterocycles. The Labute approximate surface area is 149 Å². The molecular formula is C20H30O5. The average molecular weight is 350 g/mol. The number of methoxy groups -OCH3 is 1. The minimum atomic E-state index is -0.307. The quantitative estimate of drug-likeness (QED) is 0.731. The van der Waals surface area contributed by atoms with Crippen LogP contribution in [0.2, 0.25) is 0 Å². The molecule has 0 aromatic heterocycles. The summed E-state index contributed by atoms with van der Waals surface area (Å²) in [6, 6.07) is 0. The molecule has 3 aliphatic rings. The smallest absolute Gasteiger partial charge is 0.309 e. The molecule has 0 heterocycles. The number of esters is 2. The Balaban J connectivity index is 1.86. The monoisotopic (exact) mass is 350 g/mol. The molecule has 0 spiro atoms. The molecule has 0 saturated heterocycles. The number of hydrogen-bond donors (Lipinski definition) is 0. The van der Waals surface area contributed by atoms with Gasteiger partial charge in [-0.15, -0.1) is 0 Å². The normalized spacial score (nSPS) is 42.9. The van der Waals surface area contributed by atoms with E-state index in [1.54, 1.807) is 6.92 Å². The SMILES string of the molecule is COC(=O)[C@@H]1[C@H]2CC[C@]3(C)[C@@H](OC(C)=O)CC[C@H]3[C@@H]2CC[C@H]1C(C)=O. The molecule has 0 bridgehead atoms. The summed E-state index contributed by atoms with van der Waals surface area (Å²) in [4.78, 5) is 36.1. The van der Waals surface area contributed by atoms with Gasteiger partial charge in [-0.25, -0.2) is 0 Å². The Morgan fingerprint density at radius 3 is 2.28 bits per heavy atom. The van der Waals surface area contributed by atoms with E-state index in [4.69, 9.17) is 9.47 Å². The van der Waals surface area contributed by atoms with Crippen LogP contribution in [0.15, 0.2) is 0 Å². The highest BCUT2D eigenvalue weighted by atomic mass is 16.5. The van der Waals surface area contributed by atoms with Crippen molar-refractivity contribution < 1.29 is 23.9 Å². The molecule has 0 amide bonds. The van der Waals surface area contributed by atoms with E-state index in [-0.39, 0.29) is 47.0 Å². The maximum Gasteiger partial charge on any atom is 0.309 e. The number of ketones is 1. The van der Waals surface area contributed by atoms with Gasteiger partial charge in [0.2, 0.25) is 0 Å². The van der Waals surface area contributed by atoms with Gasteiger partial charge < -0.3 is 9.47 Å². The van der Waals surface area contributed by atoms with Crippen molar-refractivity contribution in [1.29, 1.82) is 0 Å². The highest BCUT2D eigenvalue weighted by Gasteiger charge is 2.59. The average Bonchev–Trinajstić information content (AvgIpc) is 2.89. The second-order valence-corrected chi connectivity index (χ2v) is 8.50. The van der Waals surface area contributed by atoms with Gasteiger partial charge in [0, 0.05) is 18.3 Å². The van der Waals surface area contributed by atoms with Crippen LogP contribution in [0.4, 0.5) is 0 Å². The number of rotatable bonds is 3. The van der Waals surface area contributed by atoms with Crippen molar-refractivity contribution in [3.8, 4) is 0 Å². The summed E-state index contributed by atoms with van der Waals surface area (Å²) in [5, 5.41) is 0. The molecule has 7 atom stereocenters. The van der Waals surface area contributed by atoms with E-state index in [1.807, 2.05) is 0 Å². The highest BCUT2D eigenvalue weighted by Crippen LogP contribution is 2.61. The van der Waals surface area contributed by atoms with Crippen molar-refractivity contribution >= 4 is 17.7 Å². The molecule has 3 rings (SSSR count). The molecule has 0 aromatic carbocycles. The van der Waals surface area contributed by atoms with Gasteiger partial charge in [0.1, 0.15) is 11.9 Å². The van der Waals surface area contributed by atoms with E-state index in [0.29, 0.717) is 11.8 Å². The van der Waals surface area contributed by atoms with Crippen molar-refractivity contribution in [2.24, 2.45) is 35.0 Å². The van der Waals surface area contributed by atoms with Crippen LogP contribution in [0.3, 0.4) is 0 Å². The number of carbonyl (C=O) groups excluding carboxylic acids is 3. The number of Topliss-reactive ketones (excluding diaryl/α,β-unsaturated/α-hetero) is 1. The fourth-order valence-electron chi connectivity index (χ4n) is 6.31. The third kappa shape index (κ3) is 3.00. The van der Waals surface area contributed by atoms with Crippen molar-refractivity contribution in [3.05, 3.63) is 0 Å². The summed E-state index contributed by atoms with van der Waals surface area (Å²) in [6.45, 7) is 5.33. The molecule has 0 unspecified atom stereocenters. The van der Waals surface area contributed by atoms with Gasteiger partial charge in [0.15, 0.2) is 0 Å². The van der Waals surface area contributed by atoms with Crippen molar-refractivity contribution in [1.82, 2.24) is 0 Å². The Kier molecular flexibility index (Phi) is 4.95. The first-order chi connectivity index (χ1) is 11.8. The molecule has 5 heteroatoms. The molecule has 0 radical (unpaired) electrons. The second-order valence-electron chi connectivity index (χ2n) is 8.50. The molecule has 3 aliphatic carbocycles. The predicted octanol–water partition coefficient (Wildman–Crippen LogP) is 3.15. The van der Waals surface area contributed by atoms with Gasteiger partial charge in [-0.05, 0) is 63.2 Å². The maximum atomic E-state index is 12.5. The highest BCUT2D eigenvalue weighted by molar-refractivity contribution is 5.85. The molecule has 25 heavy (non-hydrogen) atoms. The molecule has 140 valence electrons. The first-order valence-corrected chi connectivity index (χ1v) is 9.55. The van der Waals surface area contributed by atoms with Crippen LogP contribution in [0, 0.1) is 35.0 Å². The fourth-order valence-corrected chi connectivity index (χ4v) is 6.31. The van der Waals surface area contributed by atoms with Gasteiger partial charge in [0.05, 0.1) is 13.0 Å². The zero-order chi connectivity index (χ0) is 18.4. The van der Waals surface area contributed by atoms with Crippen LogP contribution in [-0.2, 0) is 23.9 Å². The van der Waals surface area contributed by atoms with E-state index < -0.39 is 0 Å². The lowest BCUT2D eigenvalue weighted by molar-refractivity contribution is -0.165. The van der Waals surface area contributed by atoms with E-state index in [1.165, 1.54) is 14.0 Å². The van der Waals surface area contributed by atoms with Crippen LogP contribution >= 0.6 is 0 Å². The van der Waals surface area contributed by atoms with E-state index >= 15 is 0 Å².